The van der Waals surface area contributed by atoms with Gasteiger partial charge in [0.2, 0.25) is 0 Å². The van der Waals surface area contributed by atoms with Gasteiger partial charge in [-0.2, -0.15) is 0 Å². The topological polar surface area (TPSA) is 55.8 Å². The van der Waals surface area contributed by atoms with E-state index in [-0.39, 0.29) is 25.6 Å². The van der Waals surface area contributed by atoms with E-state index < -0.39 is 5.97 Å². The van der Waals surface area contributed by atoms with Gasteiger partial charge in [-0.25, -0.2) is 9.18 Å². The number of hydrogen-bond acceptors (Lipinski definition) is 4. The number of hydrogen-bond donors (Lipinski definition) is 1. The molecular formula is C34H39FO4. The van der Waals surface area contributed by atoms with Crippen LogP contribution in [0.4, 0.5) is 4.39 Å². The Morgan fingerprint density at radius 2 is 1.64 bits per heavy atom. The maximum atomic E-state index is 15.1. The predicted octanol–water partition coefficient (Wildman–Crippen LogP) is 7.36. The number of aliphatic hydroxyl groups is 1. The van der Waals surface area contributed by atoms with Crippen LogP contribution in [0, 0.1) is 5.82 Å². The lowest BCUT2D eigenvalue weighted by atomic mass is 9.83. The van der Waals surface area contributed by atoms with Crippen molar-refractivity contribution in [2.24, 2.45) is 0 Å². The summed E-state index contributed by atoms with van der Waals surface area (Å²) in [6.45, 7) is 5.49. The van der Waals surface area contributed by atoms with E-state index in [1.807, 2.05) is 30.3 Å². The number of halogens is 1. The van der Waals surface area contributed by atoms with Crippen molar-refractivity contribution in [3.8, 4) is 16.9 Å². The molecule has 39 heavy (non-hydrogen) atoms. The smallest absolute Gasteiger partial charge is 0.333 e. The van der Waals surface area contributed by atoms with Crippen molar-refractivity contribution >= 4 is 5.97 Å². The molecule has 1 fully saturated rings. The van der Waals surface area contributed by atoms with Gasteiger partial charge < -0.3 is 14.6 Å². The van der Waals surface area contributed by atoms with E-state index in [0.717, 1.165) is 22.3 Å². The number of aryl methyl sites for hydroxylation is 2. The third kappa shape index (κ3) is 8.03. The van der Waals surface area contributed by atoms with Crippen molar-refractivity contribution in [1.29, 1.82) is 0 Å². The summed E-state index contributed by atoms with van der Waals surface area (Å²) in [4.78, 5) is 11.7. The van der Waals surface area contributed by atoms with Crippen molar-refractivity contribution in [2.75, 3.05) is 19.8 Å². The summed E-state index contributed by atoms with van der Waals surface area (Å²) in [6, 6.07) is 20.0. The van der Waals surface area contributed by atoms with E-state index in [9.17, 15) is 4.79 Å². The maximum absolute atomic E-state index is 15.1. The quantitative estimate of drug-likeness (QED) is 0.196. The fraction of sp³-hybridized carbons (Fsp3) is 0.382. The molecule has 4 rings (SSSR count). The first kappa shape index (κ1) is 28.6. The SMILES string of the molecule is C=C(C)C(=O)OCCc1cc(CCc2ccc(-c3ccc(C4CCCCC4)cc3)cc2F)ccc1OCCO. The molecule has 0 aromatic heterocycles. The largest absolute Gasteiger partial charge is 0.491 e. The molecule has 0 aliphatic heterocycles. The number of benzene rings is 3. The third-order valence-electron chi connectivity index (χ3n) is 7.48. The highest BCUT2D eigenvalue weighted by Gasteiger charge is 2.16. The van der Waals surface area contributed by atoms with Crippen LogP contribution in [0.15, 0.2) is 72.8 Å². The van der Waals surface area contributed by atoms with E-state index in [4.69, 9.17) is 14.6 Å². The molecule has 1 aliphatic carbocycles. The lowest BCUT2D eigenvalue weighted by Gasteiger charge is -2.22. The van der Waals surface area contributed by atoms with Crippen LogP contribution >= 0.6 is 0 Å². The van der Waals surface area contributed by atoms with Gasteiger partial charge in [0, 0.05) is 12.0 Å². The molecule has 0 amide bonds. The highest BCUT2D eigenvalue weighted by molar-refractivity contribution is 5.86. The van der Waals surface area contributed by atoms with Crippen molar-refractivity contribution < 1.29 is 23.8 Å². The van der Waals surface area contributed by atoms with Gasteiger partial charge in [-0.05, 0) is 84.0 Å². The highest BCUT2D eigenvalue weighted by atomic mass is 19.1. The number of ether oxygens (including phenoxy) is 2. The zero-order valence-corrected chi connectivity index (χ0v) is 22.9. The van der Waals surface area contributed by atoms with Gasteiger partial charge in [-0.3, -0.25) is 0 Å². The molecule has 1 N–H and O–H groups in total. The molecule has 206 valence electrons. The van der Waals surface area contributed by atoms with E-state index in [1.54, 1.807) is 13.0 Å². The number of carbonyl (C=O) groups is 1. The molecule has 1 aliphatic rings. The summed E-state index contributed by atoms with van der Waals surface area (Å²) < 4.78 is 26.0. The molecule has 5 heteroatoms. The van der Waals surface area contributed by atoms with Crippen molar-refractivity contribution in [3.05, 3.63) is 101 Å². The molecule has 0 saturated heterocycles. The molecule has 3 aromatic rings. The lowest BCUT2D eigenvalue weighted by molar-refractivity contribution is -0.138. The second-order valence-corrected chi connectivity index (χ2v) is 10.4. The fourth-order valence-electron chi connectivity index (χ4n) is 5.25. The third-order valence-corrected chi connectivity index (χ3v) is 7.48. The Bertz CT molecular complexity index is 1260. The number of rotatable bonds is 12. The number of esters is 1. The van der Waals surface area contributed by atoms with Crippen LogP contribution in [0.25, 0.3) is 11.1 Å². The zero-order valence-electron chi connectivity index (χ0n) is 22.9. The first-order valence-electron chi connectivity index (χ1n) is 14.0. The van der Waals surface area contributed by atoms with Crippen LogP contribution in [0.5, 0.6) is 5.75 Å². The van der Waals surface area contributed by atoms with Gasteiger partial charge in [0.25, 0.3) is 0 Å². The minimum absolute atomic E-state index is 0.0915. The van der Waals surface area contributed by atoms with Crippen LogP contribution in [0.3, 0.4) is 0 Å². The molecule has 0 radical (unpaired) electrons. The Balaban J connectivity index is 1.39. The molecule has 0 spiro atoms. The maximum Gasteiger partial charge on any atom is 0.333 e. The van der Waals surface area contributed by atoms with Gasteiger partial charge >= 0.3 is 5.97 Å². The van der Waals surface area contributed by atoms with Crippen LogP contribution in [0.2, 0.25) is 0 Å². The molecule has 0 bridgehead atoms. The summed E-state index contributed by atoms with van der Waals surface area (Å²) in [7, 11) is 0. The number of carbonyl (C=O) groups excluding carboxylic acids is 1. The van der Waals surface area contributed by atoms with Crippen LogP contribution in [0.1, 0.15) is 67.2 Å². The van der Waals surface area contributed by atoms with Crippen LogP contribution in [-0.4, -0.2) is 30.9 Å². The second-order valence-electron chi connectivity index (χ2n) is 10.4. The first-order chi connectivity index (χ1) is 18.9. The van der Waals surface area contributed by atoms with Crippen molar-refractivity contribution in [1.82, 2.24) is 0 Å². The van der Waals surface area contributed by atoms with E-state index in [1.165, 1.54) is 37.7 Å². The summed E-state index contributed by atoms with van der Waals surface area (Å²) >= 11 is 0. The van der Waals surface area contributed by atoms with E-state index in [2.05, 4.69) is 30.8 Å². The Hall–Kier alpha value is -3.44. The molecular weight excluding hydrogens is 491 g/mol. The Morgan fingerprint density at radius 3 is 2.33 bits per heavy atom. The fourth-order valence-corrected chi connectivity index (χ4v) is 5.25. The first-order valence-corrected chi connectivity index (χ1v) is 14.0. The Morgan fingerprint density at radius 1 is 0.897 bits per heavy atom. The van der Waals surface area contributed by atoms with Gasteiger partial charge in [0.15, 0.2) is 0 Å². The number of aliphatic hydroxyl groups excluding tert-OH is 1. The van der Waals surface area contributed by atoms with Gasteiger partial charge in [-0.1, -0.05) is 74.4 Å². The van der Waals surface area contributed by atoms with Gasteiger partial charge in [0.1, 0.15) is 18.2 Å². The molecule has 1 saturated carbocycles. The summed E-state index contributed by atoms with van der Waals surface area (Å²) in [5.74, 6) is 0.681. The average molecular weight is 531 g/mol. The van der Waals surface area contributed by atoms with E-state index in [0.29, 0.717) is 42.1 Å². The Kier molecular flexibility index (Phi) is 10.3. The molecule has 0 unspecified atom stereocenters. The summed E-state index contributed by atoms with van der Waals surface area (Å²) in [5, 5.41) is 9.14. The normalized spacial score (nSPS) is 13.7. The van der Waals surface area contributed by atoms with Gasteiger partial charge in [-0.15, -0.1) is 0 Å². The molecule has 0 heterocycles. The van der Waals surface area contributed by atoms with Crippen molar-refractivity contribution in [3.63, 3.8) is 0 Å². The minimum Gasteiger partial charge on any atom is -0.491 e. The molecule has 4 nitrogen and oxygen atoms in total. The zero-order chi connectivity index (χ0) is 27.6. The van der Waals surface area contributed by atoms with Crippen LogP contribution in [-0.2, 0) is 28.8 Å². The minimum atomic E-state index is -0.428. The Labute approximate surface area is 231 Å². The standard InChI is InChI=1S/C34H39FO4/c1-24(2)34(37)39-20-18-31-22-25(9-17-33(31)38-21-19-36)8-10-29-15-16-30(23-32(29)35)28-13-11-27(12-14-28)26-6-4-3-5-7-26/h9,11-17,22-23,26,36H,1,3-8,10,18-21H2,2H3. The van der Waals surface area contributed by atoms with Gasteiger partial charge in [0.05, 0.1) is 13.2 Å². The highest BCUT2D eigenvalue weighted by Crippen LogP contribution is 2.34. The van der Waals surface area contributed by atoms with Crippen molar-refractivity contribution in [2.45, 2.75) is 64.2 Å². The lowest BCUT2D eigenvalue weighted by Crippen LogP contribution is -2.10. The summed E-state index contributed by atoms with van der Waals surface area (Å²) in [6.07, 6.45) is 8.20. The molecule has 3 aromatic carbocycles. The molecule has 0 atom stereocenters. The second kappa shape index (κ2) is 14.1. The average Bonchev–Trinajstić information content (AvgIpc) is 2.96. The predicted molar refractivity (Wildman–Crippen MR) is 154 cm³/mol. The monoisotopic (exact) mass is 530 g/mol. The van der Waals surface area contributed by atoms with Crippen LogP contribution < -0.4 is 4.74 Å². The van der Waals surface area contributed by atoms with E-state index >= 15 is 4.39 Å². The summed E-state index contributed by atoms with van der Waals surface area (Å²) in [5.41, 5.74) is 6.27.